The highest BCUT2D eigenvalue weighted by Crippen LogP contribution is 2.22. The molecule has 0 bridgehead atoms. The summed E-state index contributed by atoms with van der Waals surface area (Å²) < 4.78 is 6.29. The lowest BCUT2D eigenvalue weighted by molar-refractivity contribution is -0.147. The van der Waals surface area contributed by atoms with Crippen molar-refractivity contribution in [1.82, 2.24) is 10.3 Å². The van der Waals surface area contributed by atoms with Gasteiger partial charge in [0.15, 0.2) is 0 Å². The maximum Gasteiger partial charge on any atom is 0.329 e. The number of carbonyl (C=O) groups is 2. The summed E-state index contributed by atoms with van der Waals surface area (Å²) in [5.41, 5.74) is 5.97. The molecule has 22 heavy (non-hydrogen) atoms. The van der Waals surface area contributed by atoms with E-state index in [2.05, 4.69) is 10.3 Å². The van der Waals surface area contributed by atoms with Crippen molar-refractivity contribution in [1.29, 1.82) is 0 Å². The number of nitrogens with one attached hydrogen (secondary N) is 1. The van der Waals surface area contributed by atoms with Gasteiger partial charge in [-0.3, -0.25) is 0 Å². The summed E-state index contributed by atoms with van der Waals surface area (Å²) in [5, 5.41) is 3.13. The van der Waals surface area contributed by atoms with Crippen molar-refractivity contribution in [2.24, 2.45) is 5.73 Å². The van der Waals surface area contributed by atoms with Crippen LogP contribution in [0.1, 0.15) is 11.4 Å². The molecule has 1 heterocycles. The third kappa shape index (κ3) is 4.60. The summed E-state index contributed by atoms with van der Waals surface area (Å²) in [7, 11) is 0. The Labute approximate surface area is 136 Å². The Bertz CT molecular complexity index is 627. The number of carbonyl (C=O) groups excluding carboxylic acids is 2. The summed E-state index contributed by atoms with van der Waals surface area (Å²) in [6.45, 7) is 0.0917. The van der Waals surface area contributed by atoms with E-state index in [0.29, 0.717) is 6.42 Å². The van der Waals surface area contributed by atoms with Crippen molar-refractivity contribution in [2.45, 2.75) is 19.1 Å². The van der Waals surface area contributed by atoms with Crippen LogP contribution in [0.25, 0.3) is 10.2 Å². The topological polar surface area (TPSA) is 94.3 Å². The smallest absolute Gasteiger partial charge is 0.329 e. The second-order valence-corrected chi connectivity index (χ2v) is 6.63. The highest BCUT2D eigenvalue weighted by Gasteiger charge is 2.21. The van der Waals surface area contributed by atoms with Crippen LogP contribution in [0, 0.1) is 0 Å². The van der Waals surface area contributed by atoms with Crippen molar-refractivity contribution in [3.05, 3.63) is 29.3 Å². The first kappa shape index (κ1) is 16.6. The molecule has 2 aromatic rings. The summed E-state index contributed by atoms with van der Waals surface area (Å²) in [4.78, 5) is 27.4. The lowest BCUT2D eigenvalue weighted by Crippen LogP contribution is -2.44. The van der Waals surface area contributed by atoms with Crippen LogP contribution in [0.15, 0.2) is 24.3 Å². The number of rotatable bonds is 7. The van der Waals surface area contributed by atoms with E-state index in [4.69, 9.17) is 10.5 Å². The van der Waals surface area contributed by atoms with Crippen molar-refractivity contribution in [2.75, 3.05) is 12.0 Å². The average molecular weight is 339 g/mol. The number of esters is 1. The predicted molar refractivity (Wildman–Crippen MR) is 88.9 cm³/mol. The Kier molecular flexibility index (Phi) is 6.02. The van der Waals surface area contributed by atoms with Crippen molar-refractivity contribution < 1.29 is 14.3 Å². The zero-order valence-electron chi connectivity index (χ0n) is 12.1. The minimum absolute atomic E-state index is 0.0917. The van der Waals surface area contributed by atoms with Crippen LogP contribution < -0.4 is 11.1 Å². The van der Waals surface area contributed by atoms with Gasteiger partial charge in [-0.2, -0.15) is 11.8 Å². The fourth-order valence-electron chi connectivity index (χ4n) is 1.87. The fourth-order valence-corrected chi connectivity index (χ4v) is 3.22. The van der Waals surface area contributed by atoms with Crippen LogP contribution in [0.2, 0.25) is 0 Å². The predicted octanol–water partition coefficient (Wildman–Crippen LogP) is 2.13. The van der Waals surface area contributed by atoms with Gasteiger partial charge >= 0.3 is 12.0 Å². The molecular weight excluding hydrogens is 322 g/mol. The molecule has 0 fully saturated rings. The van der Waals surface area contributed by atoms with Gasteiger partial charge in [-0.15, -0.1) is 11.3 Å². The second-order valence-electron chi connectivity index (χ2n) is 4.53. The second kappa shape index (κ2) is 8.00. The number of fused-ring (bicyclic) bond motifs is 1. The molecule has 2 rings (SSSR count). The van der Waals surface area contributed by atoms with Gasteiger partial charge in [-0.1, -0.05) is 12.1 Å². The molecule has 0 radical (unpaired) electrons. The number of primary amides is 1. The zero-order chi connectivity index (χ0) is 15.9. The Morgan fingerprint density at radius 2 is 2.23 bits per heavy atom. The van der Waals surface area contributed by atoms with E-state index in [1.807, 2.05) is 30.5 Å². The van der Waals surface area contributed by atoms with Crippen LogP contribution in [-0.4, -0.2) is 35.0 Å². The number of thioether (sulfide) groups is 1. The first-order chi connectivity index (χ1) is 10.6. The van der Waals surface area contributed by atoms with E-state index in [-0.39, 0.29) is 6.61 Å². The van der Waals surface area contributed by atoms with Crippen molar-refractivity contribution in [3.63, 3.8) is 0 Å². The standard InChI is InChI=1S/C14H17N3O3S2/c1-21-7-6-10(17-14(15)19)13(18)20-8-12-16-9-4-2-3-5-11(9)22-12/h2-5,10H,6-8H2,1H3,(H3,15,17,19)/t10-/m1/s1. The fraction of sp³-hybridized carbons (Fsp3) is 0.357. The molecule has 6 nitrogen and oxygen atoms in total. The van der Waals surface area contributed by atoms with Crippen LogP contribution in [0.5, 0.6) is 0 Å². The number of thiazole rings is 1. The molecule has 0 saturated carbocycles. The van der Waals surface area contributed by atoms with Gasteiger partial charge in [0.25, 0.3) is 0 Å². The molecule has 3 N–H and O–H groups in total. The van der Waals surface area contributed by atoms with Crippen LogP contribution in [0.3, 0.4) is 0 Å². The highest BCUT2D eigenvalue weighted by molar-refractivity contribution is 7.98. The van der Waals surface area contributed by atoms with Crippen LogP contribution >= 0.6 is 23.1 Å². The Morgan fingerprint density at radius 3 is 2.91 bits per heavy atom. The third-order valence-electron chi connectivity index (χ3n) is 2.89. The third-order valence-corrected chi connectivity index (χ3v) is 4.54. The van der Waals surface area contributed by atoms with Gasteiger partial charge in [-0.25, -0.2) is 14.6 Å². The zero-order valence-corrected chi connectivity index (χ0v) is 13.7. The molecule has 0 spiro atoms. The van der Waals surface area contributed by atoms with Gasteiger partial charge in [0.2, 0.25) is 0 Å². The van der Waals surface area contributed by atoms with Crippen molar-refractivity contribution >= 4 is 45.3 Å². The molecule has 0 saturated heterocycles. The van der Waals surface area contributed by atoms with Gasteiger partial charge < -0.3 is 15.8 Å². The number of benzene rings is 1. The molecule has 118 valence electrons. The molecular formula is C14H17N3O3S2. The Morgan fingerprint density at radius 1 is 1.45 bits per heavy atom. The van der Waals surface area contributed by atoms with E-state index >= 15 is 0 Å². The largest absolute Gasteiger partial charge is 0.457 e. The maximum absolute atomic E-state index is 12.0. The van der Waals surface area contributed by atoms with E-state index < -0.39 is 18.0 Å². The highest BCUT2D eigenvalue weighted by atomic mass is 32.2. The molecule has 2 amide bonds. The molecule has 1 aromatic heterocycles. The first-order valence-corrected chi connectivity index (χ1v) is 8.87. The number of ether oxygens (including phenoxy) is 1. The van der Waals surface area contributed by atoms with Crippen LogP contribution in [0.4, 0.5) is 4.79 Å². The van der Waals surface area contributed by atoms with Gasteiger partial charge in [0.1, 0.15) is 17.7 Å². The minimum atomic E-state index is -0.733. The Hall–Kier alpha value is -1.80. The van der Waals surface area contributed by atoms with Gasteiger partial charge in [-0.05, 0) is 30.6 Å². The van der Waals surface area contributed by atoms with Gasteiger partial charge in [0, 0.05) is 0 Å². The maximum atomic E-state index is 12.0. The van der Waals surface area contributed by atoms with E-state index in [1.54, 1.807) is 11.8 Å². The number of hydrogen-bond donors (Lipinski definition) is 2. The molecule has 1 aromatic carbocycles. The number of para-hydroxylation sites is 1. The van der Waals surface area contributed by atoms with E-state index in [1.165, 1.54) is 11.3 Å². The number of urea groups is 1. The normalized spacial score (nSPS) is 12.0. The SMILES string of the molecule is CSCC[C@@H](NC(N)=O)C(=O)OCc1nc2ccccc2s1. The van der Waals surface area contributed by atoms with E-state index in [0.717, 1.165) is 21.0 Å². The van der Waals surface area contributed by atoms with Crippen molar-refractivity contribution in [3.8, 4) is 0 Å². The summed E-state index contributed by atoms with van der Waals surface area (Å²) in [6, 6.07) is 6.27. The molecule has 1 atom stereocenters. The molecule has 0 aliphatic rings. The lowest BCUT2D eigenvalue weighted by atomic mass is 10.2. The monoisotopic (exact) mass is 339 g/mol. The minimum Gasteiger partial charge on any atom is -0.457 e. The lowest BCUT2D eigenvalue weighted by Gasteiger charge is -2.15. The number of aromatic nitrogens is 1. The number of hydrogen-bond acceptors (Lipinski definition) is 6. The number of nitrogens with zero attached hydrogens (tertiary/aromatic N) is 1. The first-order valence-electron chi connectivity index (χ1n) is 6.66. The van der Waals surface area contributed by atoms with E-state index in [9.17, 15) is 9.59 Å². The van der Waals surface area contributed by atoms with Gasteiger partial charge in [0.05, 0.1) is 10.2 Å². The summed E-state index contributed by atoms with van der Waals surface area (Å²) >= 11 is 3.06. The molecule has 8 heteroatoms. The quantitative estimate of drug-likeness (QED) is 0.754. The summed E-state index contributed by atoms with van der Waals surface area (Å²) in [6.07, 6.45) is 2.40. The molecule has 0 aliphatic heterocycles. The number of amides is 2. The van der Waals surface area contributed by atoms with Crippen LogP contribution in [-0.2, 0) is 16.1 Å². The summed E-state index contributed by atoms with van der Waals surface area (Å²) in [5.74, 6) is 0.230. The molecule has 0 aliphatic carbocycles. The Balaban J connectivity index is 1.95. The average Bonchev–Trinajstić information content (AvgIpc) is 2.91. The number of nitrogens with two attached hydrogens (primary N) is 1. The molecule has 0 unspecified atom stereocenters.